The minimum Gasteiger partial charge on any atom is -0.492 e. The Balaban J connectivity index is 1.45. The van der Waals surface area contributed by atoms with Gasteiger partial charge in [0.25, 0.3) is 0 Å². The molecule has 2 amide bonds. The second kappa shape index (κ2) is 7.64. The third-order valence-corrected chi connectivity index (χ3v) is 3.98. The van der Waals surface area contributed by atoms with E-state index in [9.17, 15) is 9.59 Å². The third-order valence-electron chi connectivity index (χ3n) is 3.98. The SMILES string of the molecule is O=C(NCCOc1ccccc1)[C@H]1CC(=O)N(c2ccccc2)C1. The summed E-state index contributed by atoms with van der Waals surface area (Å²) in [5, 5.41) is 2.84. The molecule has 2 aromatic carbocycles. The van der Waals surface area contributed by atoms with Gasteiger partial charge in [0.05, 0.1) is 12.5 Å². The number of carbonyl (C=O) groups is 2. The van der Waals surface area contributed by atoms with Gasteiger partial charge in [-0.25, -0.2) is 0 Å². The second-order valence-electron chi connectivity index (χ2n) is 5.69. The van der Waals surface area contributed by atoms with Crippen LogP contribution in [0.1, 0.15) is 6.42 Å². The normalized spacial score (nSPS) is 16.9. The molecule has 0 bridgehead atoms. The molecule has 1 aliphatic rings. The average molecular weight is 324 g/mol. The van der Waals surface area contributed by atoms with Gasteiger partial charge in [-0.05, 0) is 24.3 Å². The number of rotatable bonds is 6. The zero-order valence-electron chi connectivity index (χ0n) is 13.4. The maximum absolute atomic E-state index is 12.2. The summed E-state index contributed by atoms with van der Waals surface area (Å²) in [5.74, 6) is 0.354. The molecular weight excluding hydrogens is 304 g/mol. The zero-order chi connectivity index (χ0) is 16.8. The summed E-state index contributed by atoms with van der Waals surface area (Å²) in [4.78, 5) is 26.0. The number of hydrogen-bond acceptors (Lipinski definition) is 3. The zero-order valence-corrected chi connectivity index (χ0v) is 13.4. The van der Waals surface area contributed by atoms with Crippen LogP contribution in [0.3, 0.4) is 0 Å². The number of para-hydroxylation sites is 2. The van der Waals surface area contributed by atoms with Crippen LogP contribution < -0.4 is 15.0 Å². The topological polar surface area (TPSA) is 58.6 Å². The van der Waals surface area contributed by atoms with E-state index in [1.807, 2.05) is 60.7 Å². The highest BCUT2D eigenvalue weighted by molar-refractivity contribution is 6.00. The molecule has 0 spiro atoms. The number of anilines is 1. The van der Waals surface area contributed by atoms with Crippen LogP contribution in [0.15, 0.2) is 60.7 Å². The van der Waals surface area contributed by atoms with Gasteiger partial charge in [0.2, 0.25) is 11.8 Å². The molecule has 1 aliphatic heterocycles. The first kappa shape index (κ1) is 16.1. The molecule has 124 valence electrons. The van der Waals surface area contributed by atoms with Gasteiger partial charge in [-0.1, -0.05) is 36.4 Å². The van der Waals surface area contributed by atoms with Crippen molar-refractivity contribution >= 4 is 17.5 Å². The standard InChI is InChI=1S/C19H20N2O3/c22-18-13-15(14-21(18)16-7-3-1-4-8-16)19(23)20-11-12-24-17-9-5-2-6-10-17/h1-10,15H,11-14H2,(H,20,23)/t15-/m0/s1. The molecule has 0 radical (unpaired) electrons. The molecular formula is C19H20N2O3. The first-order valence-corrected chi connectivity index (χ1v) is 8.05. The van der Waals surface area contributed by atoms with E-state index in [0.717, 1.165) is 11.4 Å². The van der Waals surface area contributed by atoms with E-state index in [1.165, 1.54) is 0 Å². The van der Waals surface area contributed by atoms with Gasteiger partial charge in [0.1, 0.15) is 12.4 Å². The number of nitrogens with zero attached hydrogens (tertiary/aromatic N) is 1. The number of hydrogen-bond donors (Lipinski definition) is 1. The minimum atomic E-state index is -0.311. The number of benzene rings is 2. The van der Waals surface area contributed by atoms with E-state index in [-0.39, 0.29) is 24.2 Å². The van der Waals surface area contributed by atoms with Gasteiger partial charge in [-0.3, -0.25) is 9.59 Å². The Bertz CT molecular complexity index is 688. The molecule has 1 fully saturated rings. The molecule has 2 aromatic rings. The maximum atomic E-state index is 12.2. The number of ether oxygens (including phenoxy) is 1. The van der Waals surface area contributed by atoms with Crippen LogP contribution in [0.4, 0.5) is 5.69 Å². The molecule has 3 rings (SSSR count). The highest BCUT2D eigenvalue weighted by Crippen LogP contribution is 2.24. The van der Waals surface area contributed by atoms with Crippen molar-refractivity contribution in [2.45, 2.75) is 6.42 Å². The van der Waals surface area contributed by atoms with Gasteiger partial charge >= 0.3 is 0 Å². The molecule has 5 nitrogen and oxygen atoms in total. The summed E-state index contributed by atoms with van der Waals surface area (Å²) in [6, 6.07) is 18.9. The molecule has 0 aliphatic carbocycles. The highest BCUT2D eigenvalue weighted by atomic mass is 16.5. The van der Waals surface area contributed by atoms with Crippen LogP contribution in [0, 0.1) is 5.92 Å². The van der Waals surface area contributed by atoms with E-state index < -0.39 is 0 Å². The summed E-state index contributed by atoms with van der Waals surface area (Å²) in [6.45, 7) is 1.25. The van der Waals surface area contributed by atoms with Gasteiger partial charge in [0.15, 0.2) is 0 Å². The molecule has 0 saturated carbocycles. The molecule has 1 heterocycles. The van der Waals surface area contributed by atoms with Crippen molar-refractivity contribution in [3.8, 4) is 5.75 Å². The fraction of sp³-hybridized carbons (Fsp3) is 0.263. The van der Waals surface area contributed by atoms with E-state index in [2.05, 4.69) is 5.32 Å². The van der Waals surface area contributed by atoms with E-state index in [0.29, 0.717) is 19.7 Å². The van der Waals surface area contributed by atoms with Crippen LogP contribution in [0.25, 0.3) is 0 Å². The number of carbonyl (C=O) groups excluding carboxylic acids is 2. The van der Waals surface area contributed by atoms with Crippen molar-refractivity contribution in [3.63, 3.8) is 0 Å². The molecule has 5 heteroatoms. The Hall–Kier alpha value is -2.82. The number of nitrogens with one attached hydrogen (secondary N) is 1. The average Bonchev–Trinajstić information content (AvgIpc) is 3.02. The summed E-state index contributed by atoms with van der Waals surface area (Å²) >= 11 is 0. The molecule has 1 saturated heterocycles. The van der Waals surface area contributed by atoms with Gasteiger partial charge < -0.3 is 15.0 Å². The maximum Gasteiger partial charge on any atom is 0.227 e. The van der Waals surface area contributed by atoms with Crippen molar-refractivity contribution < 1.29 is 14.3 Å². The second-order valence-corrected chi connectivity index (χ2v) is 5.69. The van der Waals surface area contributed by atoms with Crippen molar-refractivity contribution in [2.24, 2.45) is 5.92 Å². The Labute approximate surface area is 141 Å². The molecule has 1 N–H and O–H groups in total. The van der Waals surface area contributed by atoms with Crippen LogP contribution in [-0.4, -0.2) is 31.5 Å². The van der Waals surface area contributed by atoms with E-state index in [4.69, 9.17) is 4.74 Å². The predicted molar refractivity (Wildman–Crippen MR) is 91.8 cm³/mol. The van der Waals surface area contributed by atoms with Crippen molar-refractivity contribution in [1.82, 2.24) is 5.32 Å². The first-order valence-electron chi connectivity index (χ1n) is 8.05. The molecule has 1 atom stereocenters. The summed E-state index contributed by atoms with van der Waals surface area (Å²) < 4.78 is 5.54. The fourth-order valence-corrected chi connectivity index (χ4v) is 2.74. The lowest BCUT2D eigenvalue weighted by Crippen LogP contribution is -2.35. The van der Waals surface area contributed by atoms with Crippen LogP contribution >= 0.6 is 0 Å². The van der Waals surface area contributed by atoms with Crippen molar-refractivity contribution in [2.75, 3.05) is 24.6 Å². The minimum absolute atomic E-state index is 0.0121. The fourth-order valence-electron chi connectivity index (χ4n) is 2.74. The van der Waals surface area contributed by atoms with E-state index in [1.54, 1.807) is 4.90 Å². The monoisotopic (exact) mass is 324 g/mol. The summed E-state index contributed by atoms with van der Waals surface area (Å²) in [6.07, 6.45) is 0.250. The molecule has 0 aromatic heterocycles. The first-order chi connectivity index (χ1) is 11.7. The predicted octanol–water partition coefficient (Wildman–Crippen LogP) is 2.23. The van der Waals surface area contributed by atoms with Gasteiger partial charge in [0, 0.05) is 18.7 Å². The smallest absolute Gasteiger partial charge is 0.227 e. The van der Waals surface area contributed by atoms with E-state index >= 15 is 0 Å². The summed E-state index contributed by atoms with van der Waals surface area (Å²) in [5.41, 5.74) is 0.838. The molecule has 0 unspecified atom stereocenters. The Morgan fingerprint density at radius 3 is 2.46 bits per heavy atom. The van der Waals surface area contributed by atoms with Gasteiger partial charge in [-0.15, -0.1) is 0 Å². The number of amides is 2. The molecule has 24 heavy (non-hydrogen) atoms. The van der Waals surface area contributed by atoms with Crippen LogP contribution in [0.5, 0.6) is 5.75 Å². The van der Waals surface area contributed by atoms with Crippen LogP contribution in [0.2, 0.25) is 0 Å². The summed E-state index contributed by atoms with van der Waals surface area (Å²) in [7, 11) is 0. The van der Waals surface area contributed by atoms with Crippen molar-refractivity contribution in [3.05, 3.63) is 60.7 Å². The lowest BCUT2D eigenvalue weighted by molar-refractivity contribution is -0.126. The van der Waals surface area contributed by atoms with Crippen LogP contribution in [-0.2, 0) is 9.59 Å². The van der Waals surface area contributed by atoms with Crippen molar-refractivity contribution in [1.29, 1.82) is 0 Å². The lowest BCUT2D eigenvalue weighted by Gasteiger charge is -2.16. The highest BCUT2D eigenvalue weighted by Gasteiger charge is 2.34. The Morgan fingerprint density at radius 1 is 1.08 bits per heavy atom. The third kappa shape index (κ3) is 3.93. The largest absolute Gasteiger partial charge is 0.492 e. The quantitative estimate of drug-likeness (QED) is 0.829. The van der Waals surface area contributed by atoms with Gasteiger partial charge in [-0.2, -0.15) is 0 Å². The Kier molecular flexibility index (Phi) is 5.11. The Morgan fingerprint density at radius 2 is 1.75 bits per heavy atom. The lowest BCUT2D eigenvalue weighted by atomic mass is 10.1.